The van der Waals surface area contributed by atoms with Gasteiger partial charge in [0.05, 0.1) is 11.3 Å². The minimum atomic E-state index is -0.714. The van der Waals surface area contributed by atoms with E-state index in [1.165, 1.54) is 12.1 Å². The highest BCUT2D eigenvalue weighted by atomic mass is 19.1. The van der Waals surface area contributed by atoms with Crippen LogP contribution < -0.4 is 0 Å². The summed E-state index contributed by atoms with van der Waals surface area (Å²) >= 11 is 0. The van der Waals surface area contributed by atoms with E-state index in [0.717, 1.165) is 24.8 Å². The Kier molecular flexibility index (Phi) is 3.69. The average molecular weight is 319 g/mol. The molecule has 3 rings (SSSR count). The number of aliphatic carboxylic acids is 1. The van der Waals surface area contributed by atoms with E-state index in [2.05, 4.69) is 0 Å². The second-order valence-electron chi connectivity index (χ2n) is 7.38. The average Bonchev–Trinajstić information content (AvgIpc) is 3.22. The highest BCUT2D eigenvalue weighted by Crippen LogP contribution is 2.59. The van der Waals surface area contributed by atoms with Gasteiger partial charge >= 0.3 is 5.97 Å². The number of likely N-dealkylation sites (tertiary alicyclic amines) is 1. The summed E-state index contributed by atoms with van der Waals surface area (Å²) < 4.78 is 13.1. The van der Waals surface area contributed by atoms with Gasteiger partial charge in [0.15, 0.2) is 0 Å². The molecule has 0 bridgehead atoms. The molecule has 1 N–H and O–H groups in total. The van der Waals surface area contributed by atoms with Crippen LogP contribution in [0.4, 0.5) is 4.39 Å². The molecule has 124 valence electrons. The van der Waals surface area contributed by atoms with Crippen LogP contribution in [0.5, 0.6) is 0 Å². The lowest BCUT2D eigenvalue weighted by Gasteiger charge is -2.37. The molecule has 1 atom stereocenters. The van der Waals surface area contributed by atoms with Crippen LogP contribution in [0.3, 0.4) is 0 Å². The highest BCUT2D eigenvalue weighted by Gasteiger charge is 2.59. The van der Waals surface area contributed by atoms with Crippen molar-refractivity contribution < 1.29 is 19.1 Å². The van der Waals surface area contributed by atoms with Gasteiger partial charge < -0.3 is 10.0 Å². The molecule has 2 fully saturated rings. The van der Waals surface area contributed by atoms with Crippen LogP contribution in [0.25, 0.3) is 0 Å². The molecule has 1 aromatic rings. The number of amides is 1. The molecular weight excluding hydrogens is 297 g/mol. The van der Waals surface area contributed by atoms with Crippen LogP contribution >= 0.6 is 0 Å². The lowest BCUT2D eigenvalue weighted by molar-refractivity contribution is -0.140. The molecule has 1 saturated heterocycles. The molecule has 1 aliphatic carbocycles. The molecule has 4 nitrogen and oxygen atoms in total. The normalized spacial score (nSPS) is 22.9. The first-order chi connectivity index (χ1) is 10.8. The molecular formula is C18H22FNO3. The van der Waals surface area contributed by atoms with E-state index in [1.807, 2.05) is 18.7 Å². The Morgan fingerprint density at radius 3 is 2.26 bits per heavy atom. The number of rotatable bonds is 3. The quantitative estimate of drug-likeness (QED) is 0.932. The zero-order chi connectivity index (χ0) is 16.8. The monoisotopic (exact) mass is 319 g/mol. The first-order valence-corrected chi connectivity index (χ1v) is 8.04. The lowest BCUT2D eigenvalue weighted by Crippen LogP contribution is -2.47. The number of piperidine rings is 1. The summed E-state index contributed by atoms with van der Waals surface area (Å²) in [7, 11) is 0. The van der Waals surface area contributed by atoms with Gasteiger partial charge in [0.1, 0.15) is 5.82 Å². The van der Waals surface area contributed by atoms with Crippen LogP contribution in [0.1, 0.15) is 38.7 Å². The van der Waals surface area contributed by atoms with Crippen molar-refractivity contribution in [3.8, 4) is 0 Å². The highest BCUT2D eigenvalue weighted by molar-refractivity contribution is 5.87. The van der Waals surface area contributed by atoms with E-state index in [1.54, 1.807) is 12.1 Å². The first kappa shape index (κ1) is 16.0. The second-order valence-corrected chi connectivity index (χ2v) is 7.38. The van der Waals surface area contributed by atoms with Crippen molar-refractivity contribution in [2.75, 3.05) is 13.1 Å². The number of carbonyl (C=O) groups is 2. The van der Waals surface area contributed by atoms with Gasteiger partial charge in [0.25, 0.3) is 0 Å². The lowest BCUT2D eigenvalue weighted by atomic mass is 9.81. The van der Waals surface area contributed by atoms with Gasteiger partial charge in [-0.15, -0.1) is 0 Å². The van der Waals surface area contributed by atoms with Gasteiger partial charge in [-0.1, -0.05) is 12.1 Å². The van der Waals surface area contributed by atoms with Crippen LogP contribution in [0.15, 0.2) is 24.3 Å². The Balaban J connectivity index is 1.67. The van der Waals surface area contributed by atoms with Crippen LogP contribution in [0.2, 0.25) is 0 Å². The molecule has 1 spiro atoms. The van der Waals surface area contributed by atoms with Gasteiger partial charge in [-0.2, -0.15) is 0 Å². The second kappa shape index (κ2) is 5.32. The maximum atomic E-state index is 13.1. The number of carboxylic acids is 1. The molecule has 1 amide bonds. The zero-order valence-electron chi connectivity index (χ0n) is 13.5. The minimum absolute atomic E-state index is 0.0199. The summed E-state index contributed by atoms with van der Waals surface area (Å²) in [5.41, 5.74) is -0.00429. The smallest absolute Gasteiger partial charge is 0.307 e. The van der Waals surface area contributed by atoms with Gasteiger partial charge in [0.2, 0.25) is 5.91 Å². The van der Waals surface area contributed by atoms with Crippen LogP contribution in [-0.4, -0.2) is 35.0 Å². The molecule has 1 saturated carbocycles. The van der Waals surface area contributed by atoms with E-state index in [4.69, 9.17) is 5.11 Å². The van der Waals surface area contributed by atoms with Crippen molar-refractivity contribution in [1.82, 2.24) is 4.90 Å². The molecule has 1 heterocycles. The summed E-state index contributed by atoms with van der Waals surface area (Å²) in [5, 5.41) is 9.13. The van der Waals surface area contributed by atoms with Crippen molar-refractivity contribution in [3.63, 3.8) is 0 Å². The Hall–Kier alpha value is -1.91. The van der Waals surface area contributed by atoms with Gasteiger partial charge in [-0.05, 0) is 56.2 Å². The summed E-state index contributed by atoms with van der Waals surface area (Å²) in [6.45, 7) is 4.91. The molecule has 1 aliphatic heterocycles. The first-order valence-electron chi connectivity index (χ1n) is 8.04. The summed E-state index contributed by atoms with van der Waals surface area (Å²) in [6, 6.07) is 6.05. The van der Waals surface area contributed by atoms with Crippen molar-refractivity contribution in [2.24, 2.45) is 11.3 Å². The molecule has 1 unspecified atom stereocenters. The fourth-order valence-corrected chi connectivity index (χ4v) is 3.79. The van der Waals surface area contributed by atoms with E-state index < -0.39 is 11.4 Å². The fourth-order valence-electron chi connectivity index (χ4n) is 3.79. The Labute approximate surface area is 135 Å². The third-order valence-corrected chi connectivity index (χ3v) is 5.63. The summed E-state index contributed by atoms with van der Waals surface area (Å²) in [5.74, 6) is -1.24. The number of halogens is 1. The molecule has 2 aliphatic rings. The van der Waals surface area contributed by atoms with Crippen LogP contribution in [-0.2, 0) is 15.0 Å². The third kappa shape index (κ3) is 2.73. The molecule has 23 heavy (non-hydrogen) atoms. The van der Waals surface area contributed by atoms with Crippen molar-refractivity contribution >= 4 is 11.9 Å². The predicted molar refractivity (Wildman–Crippen MR) is 83.4 cm³/mol. The number of nitrogens with zero attached hydrogens (tertiary/aromatic N) is 1. The van der Waals surface area contributed by atoms with Crippen molar-refractivity contribution in [2.45, 2.75) is 38.5 Å². The minimum Gasteiger partial charge on any atom is -0.481 e. The maximum Gasteiger partial charge on any atom is 0.307 e. The standard InChI is InChI=1S/C18H22FNO3/c1-17(2,12-3-5-13(19)6-4-12)16(23)20-9-7-18(8-10-20)11-14(18)15(21)22/h3-6,14H,7-11H2,1-2H3,(H,21,22). The summed E-state index contributed by atoms with van der Waals surface area (Å²) in [4.78, 5) is 25.8. The molecule has 5 heteroatoms. The Morgan fingerprint density at radius 2 is 1.78 bits per heavy atom. The number of benzene rings is 1. The largest absolute Gasteiger partial charge is 0.481 e. The van der Waals surface area contributed by atoms with Gasteiger partial charge in [-0.25, -0.2) is 4.39 Å². The molecule has 1 aromatic carbocycles. The van der Waals surface area contributed by atoms with Gasteiger partial charge in [-0.3, -0.25) is 9.59 Å². The van der Waals surface area contributed by atoms with Crippen molar-refractivity contribution in [3.05, 3.63) is 35.6 Å². The maximum absolute atomic E-state index is 13.1. The zero-order valence-corrected chi connectivity index (χ0v) is 13.5. The SMILES string of the molecule is CC(C)(C(=O)N1CCC2(CC1)CC2C(=O)O)c1ccc(F)cc1. The summed E-state index contributed by atoms with van der Waals surface area (Å²) in [6.07, 6.45) is 2.26. The Bertz CT molecular complexity index is 630. The fraction of sp³-hybridized carbons (Fsp3) is 0.556. The third-order valence-electron chi connectivity index (χ3n) is 5.63. The van der Waals surface area contributed by atoms with E-state index in [9.17, 15) is 14.0 Å². The number of carboxylic acid groups (broad SMARTS) is 1. The predicted octanol–water partition coefficient (Wildman–Crippen LogP) is 2.82. The van der Waals surface area contributed by atoms with Crippen LogP contribution in [0, 0.1) is 17.2 Å². The topological polar surface area (TPSA) is 57.6 Å². The van der Waals surface area contributed by atoms with Crippen molar-refractivity contribution in [1.29, 1.82) is 0 Å². The van der Waals surface area contributed by atoms with E-state index >= 15 is 0 Å². The number of hydrogen-bond acceptors (Lipinski definition) is 2. The van der Waals surface area contributed by atoms with Gasteiger partial charge in [0, 0.05) is 13.1 Å². The Morgan fingerprint density at radius 1 is 1.22 bits per heavy atom. The molecule has 0 aromatic heterocycles. The number of hydrogen-bond donors (Lipinski definition) is 1. The van der Waals surface area contributed by atoms with E-state index in [-0.39, 0.29) is 23.1 Å². The molecule has 0 radical (unpaired) electrons. The number of carbonyl (C=O) groups excluding carboxylic acids is 1. The van der Waals surface area contributed by atoms with E-state index in [0.29, 0.717) is 13.1 Å².